The van der Waals surface area contributed by atoms with Crippen molar-refractivity contribution in [2.24, 2.45) is 0 Å². The van der Waals surface area contributed by atoms with Gasteiger partial charge in [0.1, 0.15) is 0 Å². The second kappa shape index (κ2) is 12.3. The van der Waals surface area contributed by atoms with Crippen molar-refractivity contribution < 1.29 is 14.3 Å². The minimum Gasteiger partial charge on any atom is -0.493 e. The molecular weight excluding hydrogens is 474 g/mol. The molecule has 6 nitrogen and oxygen atoms in total. The SMILES string of the molecule is COc1ccc(/C=C/c2cc(CCc3cccc(C(=O)Nc4ccc(C(C)C)c(C)c4)c3)[nH]n2)cc1OC. The molecule has 0 fully saturated rings. The Morgan fingerprint density at radius 3 is 2.50 bits per heavy atom. The molecule has 0 aliphatic heterocycles. The number of nitrogens with zero attached hydrogens (tertiary/aromatic N) is 1. The van der Waals surface area contributed by atoms with E-state index in [1.165, 1.54) is 11.1 Å². The van der Waals surface area contributed by atoms with Crippen molar-refractivity contribution in [3.8, 4) is 11.5 Å². The maximum atomic E-state index is 12.9. The van der Waals surface area contributed by atoms with Crippen LogP contribution in [-0.2, 0) is 12.8 Å². The number of carbonyl (C=O) groups excluding carboxylic acids is 1. The summed E-state index contributed by atoms with van der Waals surface area (Å²) < 4.78 is 10.7. The van der Waals surface area contributed by atoms with Crippen LogP contribution in [0.2, 0.25) is 0 Å². The minimum absolute atomic E-state index is 0.104. The molecule has 6 heteroatoms. The number of ether oxygens (including phenoxy) is 2. The molecule has 0 unspecified atom stereocenters. The highest BCUT2D eigenvalue weighted by Gasteiger charge is 2.10. The van der Waals surface area contributed by atoms with Crippen LogP contribution in [0.1, 0.15) is 63.8 Å². The predicted octanol–water partition coefficient (Wildman–Crippen LogP) is 7.07. The number of hydrogen-bond acceptors (Lipinski definition) is 4. The first-order chi connectivity index (χ1) is 18.4. The van der Waals surface area contributed by atoms with Crippen LogP contribution in [0.5, 0.6) is 11.5 Å². The summed E-state index contributed by atoms with van der Waals surface area (Å²) in [4.78, 5) is 12.9. The first kappa shape index (κ1) is 26.7. The quantitative estimate of drug-likeness (QED) is 0.240. The molecule has 0 saturated heterocycles. The highest BCUT2D eigenvalue weighted by Crippen LogP contribution is 2.28. The number of aromatic nitrogens is 2. The van der Waals surface area contributed by atoms with Crippen molar-refractivity contribution in [2.45, 2.75) is 39.5 Å². The van der Waals surface area contributed by atoms with Gasteiger partial charge in [0.2, 0.25) is 0 Å². The highest BCUT2D eigenvalue weighted by molar-refractivity contribution is 6.04. The zero-order valence-corrected chi connectivity index (χ0v) is 22.7. The molecule has 0 saturated carbocycles. The number of carbonyl (C=O) groups is 1. The fourth-order valence-electron chi connectivity index (χ4n) is 4.48. The van der Waals surface area contributed by atoms with Crippen molar-refractivity contribution in [1.82, 2.24) is 10.2 Å². The summed E-state index contributed by atoms with van der Waals surface area (Å²) >= 11 is 0. The lowest BCUT2D eigenvalue weighted by Crippen LogP contribution is -2.12. The summed E-state index contributed by atoms with van der Waals surface area (Å²) in [5, 5.41) is 10.6. The first-order valence-electron chi connectivity index (χ1n) is 12.8. The van der Waals surface area contributed by atoms with E-state index in [1.807, 2.05) is 72.8 Å². The topological polar surface area (TPSA) is 76.2 Å². The van der Waals surface area contributed by atoms with Gasteiger partial charge < -0.3 is 14.8 Å². The number of benzene rings is 3. The van der Waals surface area contributed by atoms with E-state index < -0.39 is 0 Å². The third kappa shape index (κ3) is 6.71. The standard InChI is InChI=1S/C32H35N3O3/c1-21(2)29-15-14-26(17-22(29)3)33-32(36)25-8-6-7-23(18-25)9-12-27-20-28(35-34-27)13-10-24-11-16-30(37-4)31(19-24)38-5/h6-8,10-11,13-21H,9,12H2,1-5H3,(H,33,36)(H,34,35)/b13-10+. The van der Waals surface area contributed by atoms with Gasteiger partial charge >= 0.3 is 0 Å². The molecule has 4 aromatic rings. The molecule has 0 atom stereocenters. The van der Waals surface area contributed by atoms with E-state index >= 15 is 0 Å². The molecule has 0 aliphatic carbocycles. The zero-order valence-electron chi connectivity index (χ0n) is 22.7. The third-order valence-corrected chi connectivity index (χ3v) is 6.53. The third-order valence-electron chi connectivity index (χ3n) is 6.53. The molecule has 0 aliphatic rings. The van der Waals surface area contributed by atoms with Crippen LogP contribution < -0.4 is 14.8 Å². The Balaban J connectivity index is 1.35. The number of hydrogen-bond donors (Lipinski definition) is 2. The van der Waals surface area contributed by atoms with Crippen molar-refractivity contribution >= 4 is 23.7 Å². The Hall–Kier alpha value is -4.32. The molecule has 0 spiro atoms. The van der Waals surface area contributed by atoms with E-state index in [4.69, 9.17) is 9.47 Å². The van der Waals surface area contributed by atoms with E-state index in [9.17, 15) is 4.79 Å². The number of methoxy groups -OCH3 is 2. The lowest BCUT2D eigenvalue weighted by Gasteiger charge is -2.12. The summed E-state index contributed by atoms with van der Waals surface area (Å²) in [5.74, 6) is 1.74. The minimum atomic E-state index is -0.104. The molecule has 3 aromatic carbocycles. The Labute approximate surface area is 224 Å². The number of aryl methyl sites for hydroxylation is 3. The number of H-pyrrole nitrogens is 1. The van der Waals surface area contributed by atoms with Gasteiger partial charge in [0, 0.05) is 16.9 Å². The van der Waals surface area contributed by atoms with E-state index in [0.29, 0.717) is 23.0 Å². The monoisotopic (exact) mass is 509 g/mol. The lowest BCUT2D eigenvalue weighted by atomic mass is 9.97. The van der Waals surface area contributed by atoms with Gasteiger partial charge in [-0.2, -0.15) is 5.10 Å². The maximum absolute atomic E-state index is 12.9. The average Bonchev–Trinajstić information content (AvgIpc) is 3.38. The van der Waals surface area contributed by atoms with Crippen molar-refractivity contribution in [1.29, 1.82) is 0 Å². The van der Waals surface area contributed by atoms with Crippen LogP contribution in [0, 0.1) is 6.92 Å². The van der Waals surface area contributed by atoms with Crippen LogP contribution in [0.3, 0.4) is 0 Å². The van der Waals surface area contributed by atoms with Crippen molar-refractivity contribution in [3.63, 3.8) is 0 Å². The molecule has 2 N–H and O–H groups in total. The summed E-state index contributed by atoms with van der Waals surface area (Å²) in [5.41, 5.74) is 7.92. The number of anilines is 1. The second-order valence-corrected chi connectivity index (χ2v) is 9.65. The normalized spacial score (nSPS) is 11.2. The Kier molecular flexibility index (Phi) is 8.64. The summed E-state index contributed by atoms with van der Waals surface area (Å²) in [6.07, 6.45) is 5.53. The van der Waals surface area contributed by atoms with Crippen LogP contribution in [0.15, 0.2) is 66.7 Å². The van der Waals surface area contributed by atoms with Crippen LogP contribution in [-0.4, -0.2) is 30.3 Å². The molecule has 1 aromatic heterocycles. The fraction of sp³-hybridized carbons (Fsp3) is 0.250. The fourth-order valence-corrected chi connectivity index (χ4v) is 4.48. The van der Waals surface area contributed by atoms with Gasteiger partial charge in [-0.25, -0.2) is 0 Å². The van der Waals surface area contributed by atoms with E-state index in [2.05, 4.69) is 42.4 Å². The van der Waals surface area contributed by atoms with E-state index in [-0.39, 0.29) is 5.91 Å². The van der Waals surface area contributed by atoms with Crippen LogP contribution in [0.25, 0.3) is 12.2 Å². The summed E-state index contributed by atoms with van der Waals surface area (Å²) in [6, 6.07) is 21.7. The lowest BCUT2D eigenvalue weighted by molar-refractivity contribution is 0.102. The average molecular weight is 510 g/mol. The summed E-state index contributed by atoms with van der Waals surface area (Å²) in [7, 11) is 3.25. The number of amides is 1. The molecule has 4 rings (SSSR count). The predicted molar refractivity (Wildman–Crippen MR) is 154 cm³/mol. The molecule has 1 heterocycles. The van der Waals surface area contributed by atoms with Gasteiger partial charge in [-0.05, 0) is 96.5 Å². The first-order valence-corrected chi connectivity index (χ1v) is 12.8. The molecule has 196 valence electrons. The number of aromatic amines is 1. The Morgan fingerprint density at radius 2 is 1.76 bits per heavy atom. The van der Waals surface area contributed by atoms with Gasteiger partial charge in [-0.3, -0.25) is 9.89 Å². The zero-order chi connectivity index (χ0) is 27.1. The molecule has 0 radical (unpaired) electrons. The van der Waals surface area contributed by atoms with Crippen molar-refractivity contribution in [2.75, 3.05) is 19.5 Å². The highest BCUT2D eigenvalue weighted by atomic mass is 16.5. The van der Waals surface area contributed by atoms with Crippen molar-refractivity contribution in [3.05, 3.63) is 106 Å². The molecular formula is C32H35N3O3. The van der Waals surface area contributed by atoms with Gasteiger partial charge in [0.25, 0.3) is 5.91 Å². The Bertz CT molecular complexity index is 1440. The molecule has 1 amide bonds. The maximum Gasteiger partial charge on any atom is 0.255 e. The Morgan fingerprint density at radius 1 is 0.947 bits per heavy atom. The molecule has 38 heavy (non-hydrogen) atoms. The second-order valence-electron chi connectivity index (χ2n) is 9.65. The van der Waals surface area contributed by atoms with Gasteiger partial charge in [-0.15, -0.1) is 0 Å². The largest absolute Gasteiger partial charge is 0.493 e. The number of rotatable bonds is 10. The van der Waals surface area contributed by atoms with Gasteiger partial charge in [0.05, 0.1) is 19.9 Å². The summed E-state index contributed by atoms with van der Waals surface area (Å²) in [6.45, 7) is 6.43. The van der Waals surface area contributed by atoms with Gasteiger partial charge in [-0.1, -0.05) is 44.2 Å². The van der Waals surface area contributed by atoms with Crippen LogP contribution >= 0.6 is 0 Å². The van der Waals surface area contributed by atoms with Gasteiger partial charge in [0.15, 0.2) is 11.5 Å². The number of nitrogens with one attached hydrogen (secondary N) is 2. The van der Waals surface area contributed by atoms with Crippen LogP contribution in [0.4, 0.5) is 5.69 Å². The molecule has 0 bridgehead atoms. The smallest absolute Gasteiger partial charge is 0.255 e. The van der Waals surface area contributed by atoms with E-state index in [0.717, 1.165) is 41.0 Å². The van der Waals surface area contributed by atoms with E-state index in [1.54, 1.807) is 14.2 Å².